The molecule has 0 aromatic heterocycles. The van der Waals surface area contributed by atoms with Crippen LogP contribution >= 0.6 is 0 Å². The molecular formula is C37H52O5. The number of carbonyl (C=O) groups excluding carboxylic acids is 2. The third kappa shape index (κ3) is 4.51. The van der Waals surface area contributed by atoms with Crippen LogP contribution in [0.4, 0.5) is 0 Å². The Hall–Kier alpha value is -2.43. The van der Waals surface area contributed by atoms with E-state index < -0.39 is 22.2 Å². The smallest absolute Gasteiger partial charge is 0.313 e. The van der Waals surface area contributed by atoms with Crippen molar-refractivity contribution in [1.82, 2.24) is 0 Å². The van der Waals surface area contributed by atoms with Crippen LogP contribution in [0.3, 0.4) is 0 Å². The van der Waals surface area contributed by atoms with Crippen LogP contribution < -0.4 is 0 Å². The molecule has 3 saturated carbocycles. The summed E-state index contributed by atoms with van der Waals surface area (Å²) in [6.45, 7) is 15.7. The summed E-state index contributed by atoms with van der Waals surface area (Å²) in [6, 6.07) is 9.95. The number of ether oxygens (including phenoxy) is 1. The fourth-order valence-corrected chi connectivity index (χ4v) is 10.6. The molecule has 5 rings (SSSR count). The largest absolute Gasteiger partial charge is 0.481 e. The molecule has 0 amide bonds. The van der Waals surface area contributed by atoms with Crippen LogP contribution in [0.15, 0.2) is 42.0 Å². The monoisotopic (exact) mass is 576 g/mol. The molecule has 0 saturated heterocycles. The summed E-state index contributed by atoms with van der Waals surface area (Å²) in [5, 5.41) is 10.2. The normalized spacial score (nSPS) is 39.1. The summed E-state index contributed by atoms with van der Waals surface area (Å²) in [5.74, 6) is -0.595. The first-order chi connectivity index (χ1) is 19.6. The van der Waals surface area contributed by atoms with Crippen LogP contribution in [0.1, 0.15) is 112 Å². The van der Waals surface area contributed by atoms with Crippen molar-refractivity contribution in [3.63, 3.8) is 0 Å². The van der Waals surface area contributed by atoms with Gasteiger partial charge in [0.25, 0.3) is 0 Å². The molecule has 1 unspecified atom stereocenters. The average molecular weight is 577 g/mol. The number of carboxylic acids is 1. The highest BCUT2D eigenvalue weighted by atomic mass is 16.5. The van der Waals surface area contributed by atoms with Crippen LogP contribution in [-0.2, 0) is 25.7 Å². The molecule has 0 bridgehead atoms. The zero-order valence-electron chi connectivity index (χ0n) is 26.9. The highest BCUT2D eigenvalue weighted by molar-refractivity contribution is 5.79. The molecule has 230 valence electrons. The van der Waals surface area contributed by atoms with Crippen LogP contribution in [-0.4, -0.2) is 23.3 Å². The van der Waals surface area contributed by atoms with E-state index in [9.17, 15) is 19.5 Å². The Morgan fingerprint density at radius 1 is 1.00 bits per heavy atom. The maximum atomic E-state index is 14.1. The predicted octanol–water partition coefficient (Wildman–Crippen LogP) is 8.41. The number of rotatable bonds is 7. The van der Waals surface area contributed by atoms with E-state index in [1.54, 1.807) is 0 Å². The molecule has 5 heteroatoms. The van der Waals surface area contributed by atoms with Crippen LogP contribution in [0.5, 0.6) is 0 Å². The Morgan fingerprint density at radius 2 is 1.67 bits per heavy atom. The highest BCUT2D eigenvalue weighted by Gasteiger charge is 2.68. The standard InChI is InChI=1S/C37H52O5/c1-32(2)17-19-37(31(41)42-24-25-11-9-8-10-12-25)20-18-35(6)26(27(37)23-32)13-14-29-34(5,21-22-38)28(15-16-36(29,35)7)33(3,4)30(39)40/h8-13,22,27-29H,14-21,23-24H2,1-7H3,(H,39,40)/t27-,28-,29?,34-,35+,36+,37-/m0/s1. The second-order valence-corrected chi connectivity index (χ2v) is 16.3. The SMILES string of the molecule is CC1(C)CC[C@]2(C(=O)OCc3ccccc3)CC[C@]3(C)C(=CCC4[C@@](C)(CC=O)[C@H](C(C)(C)C(=O)O)CC[C@]43C)[C@@H]2C1. The van der Waals surface area contributed by atoms with Crippen molar-refractivity contribution in [2.75, 3.05) is 0 Å². The molecule has 1 aromatic rings. The average Bonchev–Trinajstić information content (AvgIpc) is 2.92. The fraction of sp³-hybridized carbons (Fsp3) is 0.703. The molecule has 1 aromatic carbocycles. The Bertz CT molecular complexity index is 1260. The van der Waals surface area contributed by atoms with E-state index in [0.717, 1.165) is 63.2 Å². The van der Waals surface area contributed by atoms with Gasteiger partial charge in [-0.1, -0.05) is 76.6 Å². The molecule has 0 heterocycles. The molecule has 4 aliphatic rings. The summed E-state index contributed by atoms with van der Waals surface area (Å²) >= 11 is 0. The third-order valence-corrected chi connectivity index (χ3v) is 13.5. The molecule has 4 aliphatic carbocycles. The Balaban J connectivity index is 1.54. The van der Waals surface area contributed by atoms with Crippen molar-refractivity contribution in [2.45, 2.75) is 113 Å². The van der Waals surface area contributed by atoms with E-state index in [0.29, 0.717) is 13.0 Å². The zero-order valence-corrected chi connectivity index (χ0v) is 26.9. The summed E-state index contributed by atoms with van der Waals surface area (Å²) in [6.07, 6.45) is 10.9. The van der Waals surface area contributed by atoms with Gasteiger partial charge in [0, 0.05) is 6.42 Å². The van der Waals surface area contributed by atoms with Gasteiger partial charge >= 0.3 is 11.9 Å². The topological polar surface area (TPSA) is 80.7 Å². The lowest BCUT2D eigenvalue weighted by atomic mass is 9.34. The van der Waals surface area contributed by atoms with Crippen LogP contribution in [0, 0.1) is 50.2 Å². The third-order valence-electron chi connectivity index (χ3n) is 13.5. The maximum Gasteiger partial charge on any atom is 0.313 e. The number of aldehydes is 1. The van der Waals surface area contributed by atoms with Crippen LogP contribution in [0.25, 0.3) is 0 Å². The van der Waals surface area contributed by atoms with Gasteiger partial charge in [0.2, 0.25) is 0 Å². The van der Waals surface area contributed by atoms with E-state index in [2.05, 4.69) is 40.7 Å². The number of allylic oxidation sites excluding steroid dienone is 2. The zero-order chi connectivity index (χ0) is 30.8. The Kier molecular flexibility index (Phi) is 7.63. The van der Waals surface area contributed by atoms with Gasteiger partial charge in [-0.15, -0.1) is 0 Å². The second kappa shape index (κ2) is 10.3. The van der Waals surface area contributed by atoms with Gasteiger partial charge in [-0.2, -0.15) is 0 Å². The molecule has 0 spiro atoms. The van der Waals surface area contributed by atoms with Crippen molar-refractivity contribution in [3.05, 3.63) is 47.5 Å². The summed E-state index contributed by atoms with van der Waals surface area (Å²) in [4.78, 5) is 38.8. The van der Waals surface area contributed by atoms with Crippen molar-refractivity contribution in [2.24, 2.45) is 50.2 Å². The van der Waals surface area contributed by atoms with E-state index in [1.807, 2.05) is 44.2 Å². The molecular weight excluding hydrogens is 524 g/mol. The van der Waals surface area contributed by atoms with E-state index in [1.165, 1.54) is 5.57 Å². The minimum Gasteiger partial charge on any atom is -0.481 e. The number of hydrogen-bond donors (Lipinski definition) is 1. The number of fused-ring (bicyclic) bond motifs is 5. The predicted molar refractivity (Wildman–Crippen MR) is 164 cm³/mol. The summed E-state index contributed by atoms with van der Waals surface area (Å²) < 4.78 is 6.12. The highest BCUT2D eigenvalue weighted by Crippen LogP contribution is 2.74. The molecule has 7 atom stereocenters. The fourth-order valence-electron chi connectivity index (χ4n) is 10.6. The lowest BCUT2D eigenvalue weighted by molar-refractivity contribution is -0.189. The van der Waals surface area contributed by atoms with E-state index in [4.69, 9.17) is 4.74 Å². The number of aliphatic carboxylic acids is 1. The number of esters is 1. The van der Waals surface area contributed by atoms with Crippen molar-refractivity contribution < 1.29 is 24.2 Å². The minimum atomic E-state index is -0.915. The molecule has 42 heavy (non-hydrogen) atoms. The van der Waals surface area contributed by atoms with Gasteiger partial charge in [-0.25, -0.2) is 0 Å². The number of hydrogen-bond acceptors (Lipinski definition) is 4. The summed E-state index contributed by atoms with van der Waals surface area (Å²) in [5.41, 5.74) is 0.520. The molecule has 3 fully saturated rings. The number of carbonyl (C=O) groups is 3. The molecule has 5 nitrogen and oxygen atoms in total. The molecule has 0 radical (unpaired) electrons. The quantitative estimate of drug-likeness (QED) is 0.200. The Labute approximate surface area is 252 Å². The van der Waals surface area contributed by atoms with E-state index >= 15 is 0 Å². The number of benzene rings is 1. The van der Waals surface area contributed by atoms with E-state index in [-0.39, 0.29) is 40.0 Å². The summed E-state index contributed by atoms with van der Waals surface area (Å²) in [7, 11) is 0. The first kappa shape index (κ1) is 31.0. The van der Waals surface area contributed by atoms with Crippen molar-refractivity contribution >= 4 is 18.2 Å². The minimum absolute atomic E-state index is 0.0419. The first-order valence-corrected chi connectivity index (χ1v) is 16.2. The first-order valence-electron chi connectivity index (χ1n) is 16.2. The molecule has 1 N–H and O–H groups in total. The molecule has 0 aliphatic heterocycles. The van der Waals surface area contributed by atoms with Crippen LogP contribution in [0.2, 0.25) is 0 Å². The van der Waals surface area contributed by atoms with Gasteiger partial charge in [0.05, 0.1) is 10.8 Å². The van der Waals surface area contributed by atoms with Gasteiger partial charge in [-0.3, -0.25) is 9.59 Å². The maximum absolute atomic E-state index is 14.1. The number of carboxylic acid groups (broad SMARTS) is 1. The van der Waals surface area contributed by atoms with Gasteiger partial charge < -0.3 is 14.6 Å². The Morgan fingerprint density at radius 3 is 2.31 bits per heavy atom. The van der Waals surface area contributed by atoms with Gasteiger partial charge in [-0.05, 0) is 110 Å². The van der Waals surface area contributed by atoms with Gasteiger partial charge in [0.1, 0.15) is 12.9 Å². The second-order valence-electron chi connectivity index (χ2n) is 16.3. The van der Waals surface area contributed by atoms with Crippen molar-refractivity contribution in [3.8, 4) is 0 Å². The van der Waals surface area contributed by atoms with Crippen molar-refractivity contribution in [1.29, 1.82) is 0 Å². The lowest BCUT2D eigenvalue weighted by Crippen LogP contribution is -2.63. The van der Waals surface area contributed by atoms with Gasteiger partial charge in [0.15, 0.2) is 0 Å². The lowest BCUT2D eigenvalue weighted by Gasteiger charge is -2.69.